The number of carbonyl (C=O) groups is 2. The third-order valence-corrected chi connectivity index (χ3v) is 3.16. The van der Waals surface area contributed by atoms with Crippen molar-refractivity contribution in [3.63, 3.8) is 0 Å². The first-order valence-corrected chi connectivity index (χ1v) is 6.96. The van der Waals surface area contributed by atoms with Crippen LogP contribution in [-0.2, 0) is 9.59 Å². The number of amides is 2. The summed E-state index contributed by atoms with van der Waals surface area (Å²) in [7, 11) is 0. The van der Waals surface area contributed by atoms with Crippen molar-refractivity contribution in [1.29, 1.82) is 0 Å². The molecular formula is C13H16Cl2N2O3. The molecule has 0 heterocycles. The van der Waals surface area contributed by atoms with Crippen molar-refractivity contribution in [3.05, 3.63) is 28.2 Å². The third kappa shape index (κ3) is 5.36. The van der Waals surface area contributed by atoms with Crippen molar-refractivity contribution in [2.24, 2.45) is 0 Å². The van der Waals surface area contributed by atoms with E-state index in [0.717, 1.165) is 6.42 Å². The van der Waals surface area contributed by atoms with Crippen LogP contribution < -0.4 is 10.6 Å². The predicted octanol–water partition coefficient (Wildman–Crippen LogP) is 2.21. The van der Waals surface area contributed by atoms with E-state index in [4.69, 9.17) is 28.3 Å². The van der Waals surface area contributed by atoms with Crippen LogP contribution in [0.15, 0.2) is 18.2 Å². The molecule has 0 saturated heterocycles. The molecule has 0 atom stereocenters. The summed E-state index contributed by atoms with van der Waals surface area (Å²) < 4.78 is 0. The summed E-state index contributed by atoms with van der Waals surface area (Å²) >= 11 is 11.8. The van der Waals surface area contributed by atoms with Crippen LogP contribution >= 0.6 is 23.2 Å². The van der Waals surface area contributed by atoms with Gasteiger partial charge in [-0.15, -0.1) is 0 Å². The van der Waals surface area contributed by atoms with E-state index in [2.05, 4.69) is 10.6 Å². The normalized spacial score (nSPS) is 10.2. The van der Waals surface area contributed by atoms with E-state index in [9.17, 15) is 9.59 Å². The number of aliphatic hydroxyl groups excluding tert-OH is 1. The first-order valence-electron chi connectivity index (χ1n) is 6.20. The van der Waals surface area contributed by atoms with Crippen molar-refractivity contribution < 1.29 is 14.7 Å². The van der Waals surface area contributed by atoms with Gasteiger partial charge in [-0.1, -0.05) is 29.3 Å². The Kier molecular flexibility index (Phi) is 7.36. The smallest absolute Gasteiger partial charge is 0.313 e. The first-order chi connectivity index (χ1) is 9.56. The number of unbranched alkanes of at least 4 members (excludes halogenated alkanes) is 2. The third-order valence-electron chi connectivity index (χ3n) is 2.53. The van der Waals surface area contributed by atoms with Crippen LogP contribution in [0.1, 0.15) is 19.3 Å². The van der Waals surface area contributed by atoms with E-state index >= 15 is 0 Å². The maximum absolute atomic E-state index is 11.7. The summed E-state index contributed by atoms with van der Waals surface area (Å²) in [4.78, 5) is 23.2. The Morgan fingerprint density at radius 1 is 1.05 bits per heavy atom. The van der Waals surface area contributed by atoms with E-state index in [1.807, 2.05) is 0 Å². The topological polar surface area (TPSA) is 78.4 Å². The quantitative estimate of drug-likeness (QED) is 0.556. The predicted molar refractivity (Wildman–Crippen MR) is 79.0 cm³/mol. The van der Waals surface area contributed by atoms with Crippen molar-refractivity contribution in [1.82, 2.24) is 5.32 Å². The van der Waals surface area contributed by atoms with Gasteiger partial charge in [0, 0.05) is 13.2 Å². The van der Waals surface area contributed by atoms with Gasteiger partial charge in [0.2, 0.25) is 0 Å². The fraction of sp³-hybridized carbons (Fsp3) is 0.385. The van der Waals surface area contributed by atoms with Crippen LogP contribution in [0.3, 0.4) is 0 Å². The van der Waals surface area contributed by atoms with Gasteiger partial charge in [-0.25, -0.2) is 0 Å². The maximum Gasteiger partial charge on any atom is 0.313 e. The fourth-order valence-corrected chi connectivity index (χ4v) is 1.98. The van der Waals surface area contributed by atoms with Gasteiger partial charge in [-0.3, -0.25) is 9.59 Å². The lowest BCUT2D eigenvalue weighted by molar-refractivity contribution is -0.136. The van der Waals surface area contributed by atoms with E-state index in [1.54, 1.807) is 18.2 Å². The summed E-state index contributed by atoms with van der Waals surface area (Å²) in [6, 6.07) is 4.77. The lowest BCUT2D eigenvalue weighted by Crippen LogP contribution is -2.36. The molecule has 1 aromatic rings. The van der Waals surface area contributed by atoms with Crippen LogP contribution in [0.25, 0.3) is 0 Å². The zero-order valence-electron chi connectivity index (χ0n) is 10.8. The Labute approximate surface area is 127 Å². The average Bonchev–Trinajstić information content (AvgIpc) is 2.42. The molecule has 0 unspecified atom stereocenters. The SMILES string of the molecule is O=C(NCCCCCO)C(=O)Nc1c(Cl)cccc1Cl. The summed E-state index contributed by atoms with van der Waals surface area (Å²) in [6.07, 6.45) is 2.17. The molecule has 3 N–H and O–H groups in total. The Balaban J connectivity index is 2.44. The molecule has 5 nitrogen and oxygen atoms in total. The minimum absolute atomic E-state index is 0.124. The van der Waals surface area contributed by atoms with Crippen LogP contribution in [0, 0.1) is 0 Å². The number of halogens is 2. The van der Waals surface area contributed by atoms with Gasteiger partial charge >= 0.3 is 11.8 Å². The number of carbonyl (C=O) groups excluding carboxylic acids is 2. The summed E-state index contributed by atoms with van der Waals surface area (Å²) in [5.41, 5.74) is 0.219. The standard InChI is InChI=1S/C13H16Cl2N2O3/c14-9-5-4-6-10(15)11(9)17-13(20)12(19)16-7-2-1-3-8-18/h4-6,18H,1-3,7-8H2,(H,16,19)(H,17,20). The number of para-hydroxylation sites is 1. The van der Waals surface area contributed by atoms with Crippen LogP contribution in [-0.4, -0.2) is 30.1 Å². The zero-order chi connectivity index (χ0) is 15.0. The molecule has 0 bridgehead atoms. The van der Waals surface area contributed by atoms with Crippen molar-refractivity contribution in [2.45, 2.75) is 19.3 Å². The van der Waals surface area contributed by atoms with Gasteiger partial charge < -0.3 is 15.7 Å². The summed E-state index contributed by atoms with van der Waals surface area (Å²) in [6.45, 7) is 0.502. The minimum Gasteiger partial charge on any atom is -0.396 e. The Morgan fingerprint density at radius 2 is 1.70 bits per heavy atom. The monoisotopic (exact) mass is 318 g/mol. The molecular weight excluding hydrogens is 303 g/mol. The van der Waals surface area contributed by atoms with E-state index in [1.165, 1.54) is 0 Å². The highest BCUT2D eigenvalue weighted by Gasteiger charge is 2.16. The van der Waals surface area contributed by atoms with E-state index < -0.39 is 11.8 Å². The number of hydrogen-bond acceptors (Lipinski definition) is 3. The Morgan fingerprint density at radius 3 is 2.30 bits per heavy atom. The second kappa shape index (κ2) is 8.79. The number of nitrogens with one attached hydrogen (secondary N) is 2. The van der Waals surface area contributed by atoms with E-state index in [0.29, 0.717) is 19.4 Å². The molecule has 0 aliphatic heterocycles. The van der Waals surface area contributed by atoms with Crippen LogP contribution in [0.5, 0.6) is 0 Å². The average molecular weight is 319 g/mol. The zero-order valence-corrected chi connectivity index (χ0v) is 12.3. The molecule has 2 amide bonds. The molecule has 110 valence electrons. The number of rotatable bonds is 6. The molecule has 0 spiro atoms. The lowest BCUT2D eigenvalue weighted by Gasteiger charge is -2.09. The van der Waals surface area contributed by atoms with Crippen molar-refractivity contribution in [3.8, 4) is 0 Å². The van der Waals surface area contributed by atoms with Crippen LogP contribution in [0.4, 0.5) is 5.69 Å². The molecule has 0 aliphatic carbocycles. The van der Waals surface area contributed by atoms with Crippen molar-refractivity contribution in [2.75, 3.05) is 18.5 Å². The van der Waals surface area contributed by atoms with E-state index in [-0.39, 0.29) is 22.3 Å². The molecule has 0 radical (unpaired) electrons. The second-order valence-electron chi connectivity index (χ2n) is 4.09. The molecule has 0 saturated carbocycles. The number of hydrogen-bond donors (Lipinski definition) is 3. The first kappa shape index (κ1) is 16.8. The molecule has 0 fully saturated rings. The van der Waals surface area contributed by atoms with Gasteiger partial charge in [0.15, 0.2) is 0 Å². The van der Waals surface area contributed by atoms with Gasteiger partial charge in [0.05, 0.1) is 15.7 Å². The largest absolute Gasteiger partial charge is 0.396 e. The number of aliphatic hydroxyl groups is 1. The molecule has 1 aromatic carbocycles. The fourth-order valence-electron chi connectivity index (χ4n) is 1.48. The number of anilines is 1. The summed E-state index contributed by atoms with van der Waals surface area (Å²) in [5, 5.41) is 14.0. The highest BCUT2D eigenvalue weighted by molar-refractivity contribution is 6.44. The molecule has 0 aromatic heterocycles. The maximum atomic E-state index is 11.7. The van der Waals surface area contributed by atoms with Crippen molar-refractivity contribution >= 4 is 40.7 Å². The van der Waals surface area contributed by atoms with Gasteiger partial charge in [-0.05, 0) is 31.4 Å². The lowest BCUT2D eigenvalue weighted by atomic mass is 10.2. The Bertz CT molecular complexity index is 460. The van der Waals surface area contributed by atoms with Gasteiger partial charge in [0.25, 0.3) is 0 Å². The minimum atomic E-state index is -0.817. The van der Waals surface area contributed by atoms with Crippen LogP contribution in [0.2, 0.25) is 10.0 Å². The highest BCUT2D eigenvalue weighted by atomic mass is 35.5. The highest BCUT2D eigenvalue weighted by Crippen LogP contribution is 2.29. The molecule has 7 heteroatoms. The van der Waals surface area contributed by atoms with Gasteiger partial charge in [0.1, 0.15) is 0 Å². The molecule has 20 heavy (non-hydrogen) atoms. The molecule has 1 rings (SSSR count). The Hall–Kier alpha value is -1.30. The van der Waals surface area contributed by atoms with Gasteiger partial charge in [-0.2, -0.15) is 0 Å². The second-order valence-corrected chi connectivity index (χ2v) is 4.91. The summed E-state index contributed by atoms with van der Waals surface area (Å²) in [5.74, 6) is -1.56. The molecule has 0 aliphatic rings. The number of benzene rings is 1.